The molecule has 104 valence electrons. The predicted octanol–water partition coefficient (Wildman–Crippen LogP) is 2.95. The Morgan fingerprint density at radius 1 is 1.35 bits per heavy atom. The number of nitrogens with one attached hydrogen (secondary N) is 1. The molecule has 3 heterocycles. The number of hydrogen-bond donors (Lipinski definition) is 1. The van der Waals surface area contributed by atoms with E-state index in [1.807, 2.05) is 12.5 Å². The van der Waals surface area contributed by atoms with Gasteiger partial charge >= 0.3 is 0 Å². The van der Waals surface area contributed by atoms with Crippen molar-refractivity contribution in [3.8, 4) is 0 Å². The van der Waals surface area contributed by atoms with Crippen LogP contribution in [0.4, 0.5) is 5.82 Å². The molecule has 3 rings (SSSR count). The van der Waals surface area contributed by atoms with Crippen LogP contribution in [0.15, 0.2) is 31.1 Å². The smallest absolute Gasteiger partial charge is 0.138 e. The van der Waals surface area contributed by atoms with Gasteiger partial charge in [-0.05, 0) is 18.9 Å². The van der Waals surface area contributed by atoms with Gasteiger partial charge in [0.25, 0.3) is 0 Å². The fraction of sp³-hybridized carbons (Fsp3) is 0.357. The molecule has 5 nitrogen and oxygen atoms in total. The average Bonchev–Trinajstić information content (AvgIpc) is 3.12. The minimum Gasteiger partial charge on any atom is -0.369 e. The van der Waals surface area contributed by atoms with Crippen LogP contribution in [0.1, 0.15) is 18.2 Å². The van der Waals surface area contributed by atoms with Crippen molar-refractivity contribution in [2.45, 2.75) is 26.3 Å². The number of nitrogens with zero attached hydrogens (tertiary/aromatic N) is 4. The number of aryl methyl sites for hydroxylation is 2. The van der Waals surface area contributed by atoms with E-state index in [0.717, 1.165) is 42.0 Å². The van der Waals surface area contributed by atoms with Crippen LogP contribution < -0.4 is 5.32 Å². The number of hydrogen-bond acceptors (Lipinski definition) is 5. The quantitative estimate of drug-likeness (QED) is 0.708. The monoisotopic (exact) mass is 287 g/mol. The molecule has 1 N–H and O–H groups in total. The van der Waals surface area contributed by atoms with Gasteiger partial charge in [0, 0.05) is 30.4 Å². The SMILES string of the molecule is CCc1cc2c(NCCCn3ccnc3)ncnc2s1. The summed E-state index contributed by atoms with van der Waals surface area (Å²) in [4.78, 5) is 15.1. The molecular formula is C14H17N5S. The van der Waals surface area contributed by atoms with Gasteiger partial charge in [-0.15, -0.1) is 11.3 Å². The van der Waals surface area contributed by atoms with Crippen molar-refractivity contribution >= 4 is 27.4 Å². The van der Waals surface area contributed by atoms with Crippen molar-refractivity contribution < 1.29 is 0 Å². The van der Waals surface area contributed by atoms with Crippen LogP contribution in [0.5, 0.6) is 0 Å². The van der Waals surface area contributed by atoms with Gasteiger partial charge < -0.3 is 9.88 Å². The lowest BCUT2D eigenvalue weighted by atomic mass is 10.3. The van der Waals surface area contributed by atoms with Gasteiger partial charge in [0.1, 0.15) is 17.0 Å². The Bertz CT molecular complexity index is 674. The molecule has 0 fully saturated rings. The Balaban J connectivity index is 1.63. The van der Waals surface area contributed by atoms with Crippen molar-refractivity contribution in [1.82, 2.24) is 19.5 Å². The number of fused-ring (bicyclic) bond motifs is 1. The topological polar surface area (TPSA) is 55.6 Å². The summed E-state index contributed by atoms with van der Waals surface area (Å²) in [6.45, 7) is 4.02. The summed E-state index contributed by atoms with van der Waals surface area (Å²) in [6, 6.07) is 2.19. The number of thiophene rings is 1. The van der Waals surface area contributed by atoms with Crippen molar-refractivity contribution in [3.05, 3.63) is 36.0 Å². The van der Waals surface area contributed by atoms with E-state index in [-0.39, 0.29) is 0 Å². The molecule has 20 heavy (non-hydrogen) atoms. The van der Waals surface area contributed by atoms with Crippen molar-refractivity contribution in [2.75, 3.05) is 11.9 Å². The molecule has 6 heteroatoms. The molecule has 0 saturated carbocycles. The molecule has 0 atom stereocenters. The van der Waals surface area contributed by atoms with E-state index >= 15 is 0 Å². The summed E-state index contributed by atoms with van der Waals surface area (Å²) in [5.41, 5.74) is 0. The number of imidazole rings is 1. The zero-order valence-electron chi connectivity index (χ0n) is 11.4. The number of rotatable bonds is 6. The largest absolute Gasteiger partial charge is 0.369 e. The summed E-state index contributed by atoms with van der Waals surface area (Å²) in [5, 5.41) is 4.55. The van der Waals surface area contributed by atoms with Gasteiger partial charge in [0.15, 0.2) is 0 Å². The Morgan fingerprint density at radius 3 is 3.10 bits per heavy atom. The lowest BCUT2D eigenvalue weighted by Crippen LogP contribution is -2.07. The van der Waals surface area contributed by atoms with Gasteiger partial charge in [0.2, 0.25) is 0 Å². The molecule has 0 aliphatic heterocycles. The van der Waals surface area contributed by atoms with E-state index < -0.39 is 0 Å². The first-order chi connectivity index (χ1) is 9.86. The van der Waals surface area contributed by atoms with Gasteiger partial charge in [0.05, 0.1) is 11.7 Å². The molecule has 0 aliphatic carbocycles. The number of aromatic nitrogens is 4. The lowest BCUT2D eigenvalue weighted by molar-refractivity contribution is 0.660. The lowest BCUT2D eigenvalue weighted by Gasteiger charge is -2.06. The summed E-state index contributed by atoms with van der Waals surface area (Å²) < 4.78 is 2.08. The molecule has 0 radical (unpaired) electrons. The first-order valence-electron chi connectivity index (χ1n) is 6.80. The minimum absolute atomic E-state index is 0.890. The van der Waals surface area contributed by atoms with E-state index in [1.165, 1.54) is 4.88 Å². The Kier molecular flexibility index (Phi) is 3.92. The van der Waals surface area contributed by atoms with Crippen molar-refractivity contribution in [3.63, 3.8) is 0 Å². The first-order valence-corrected chi connectivity index (χ1v) is 7.61. The highest BCUT2D eigenvalue weighted by atomic mass is 32.1. The fourth-order valence-corrected chi connectivity index (χ4v) is 3.04. The summed E-state index contributed by atoms with van der Waals surface area (Å²) in [5.74, 6) is 0.941. The van der Waals surface area contributed by atoms with Crippen LogP contribution in [-0.4, -0.2) is 26.1 Å². The van der Waals surface area contributed by atoms with Gasteiger partial charge in [-0.3, -0.25) is 0 Å². The maximum atomic E-state index is 4.35. The van der Waals surface area contributed by atoms with E-state index in [1.54, 1.807) is 23.9 Å². The second-order valence-corrected chi connectivity index (χ2v) is 5.70. The van der Waals surface area contributed by atoms with Gasteiger partial charge in [-0.25, -0.2) is 15.0 Å². The van der Waals surface area contributed by atoms with Crippen LogP contribution in [0.25, 0.3) is 10.2 Å². The van der Waals surface area contributed by atoms with E-state index in [9.17, 15) is 0 Å². The summed E-state index contributed by atoms with van der Waals surface area (Å²) >= 11 is 1.75. The zero-order valence-corrected chi connectivity index (χ0v) is 12.2. The highest BCUT2D eigenvalue weighted by Gasteiger charge is 2.07. The second kappa shape index (κ2) is 6.00. The molecule has 3 aromatic heterocycles. The molecule has 0 amide bonds. The number of anilines is 1. The molecule has 0 unspecified atom stereocenters. The molecule has 0 spiro atoms. The van der Waals surface area contributed by atoms with E-state index in [0.29, 0.717) is 0 Å². The molecule has 0 bridgehead atoms. The second-order valence-electron chi connectivity index (χ2n) is 4.59. The van der Waals surface area contributed by atoms with Crippen molar-refractivity contribution in [2.24, 2.45) is 0 Å². The molecule has 3 aromatic rings. The third-order valence-electron chi connectivity index (χ3n) is 3.17. The van der Waals surface area contributed by atoms with Crippen LogP contribution in [0, 0.1) is 0 Å². The van der Waals surface area contributed by atoms with Crippen LogP contribution in [0.2, 0.25) is 0 Å². The third-order valence-corrected chi connectivity index (χ3v) is 4.36. The van der Waals surface area contributed by atoms with E-state index in [4.69, 9.17) is 0 Å². The Labute approximate surface area is 121 Å². The standard InChI is InChI=1S/C14H17N5S/c1-2-11-8-12-13(17-9-18-14(12)20-11)16-4-3-6-19-7-5-15-10-19/h5,7-10H,2-4,6H2,1H3,(H,16,17,18). The molecule has 0 aliphatic rings. The van der Waals surface area contributed by atoms with E-state index in [2.05, 4.69) is 37.8 Å². The maximum Gasteiger partial charge on any atom is 0.138 e. The van der Waals surface area contributed by atoms with Crippen LogP contribution in [-0.2, 0) is 13.0 Å². The zero-order chi connectivity index (χ0) is 13.8. The predicted molar refractivity (Wildman–Crippen MR) is 82.1 cm³/mol. The van der Waals surface area contributed by atoms with Crippen molar-refractivity contribution in [1.29, 1.82) is 0 Å². The average molecular weight is 287 g/mol. The summed E-state index contributed by atoms with van der Waals surface area (Å²) in [6.07, 6.45) is 9.34. The Morgan fingerprint density at radius 2 is 2.30 bits per heavy atom. The van der Waals surface area contributed by atoms with Crippen LogP contribution in [0.3, 0.4) is 0 Å². The van der Waals surface area contributed by atoms with Gasteiger partial charge in [-0.2, -0.15) is 0 Å². The van der Waals surface area contributed by atoms with Gasteiger partial charge in [-0.1, -0.05) is 6.92 Å². The maximum absolute atomic E-state index is 4.35. The highest BCUT2D eigenvalue weighted by molar-refractivity contribution is 7.18. The first kappa shape index (κ1) is 13.1. The molecule has 0 aromatic carbocycles. The summed E-state index contributed by atoms with van der Waals surface area (Å²) in [7, 11) is 0. The molecule has 0 saturated heterocycles. The minimum atomic E-state index is 0.890. The Hall–Kier alpha value is -1.95. The fourth-order valence-electron chi connectivity index (χ4n) is 2.11. The highest BCUT2D eigenvalue weighted by Crippen LogP contribution is 2.28. The normalized spacial score (nSPS) is 11.1. The van der Waals surface area contributed by atoms with Crippen LogP contribution >= 0.6 is 11.3 Å². The third kappa shape index (κ3) is 2.80. The molecular weight excluding hydrogens is 270 g/mol.